The number of methoxy groups -OCH3 is 1. The zero-order valence-corrected chi connectivity index (χ0v) is 16.3. The van der Waals surface area contributed by atoms with Crippen molar-refractivity contribution in [1.29, 1.82) is 0 Å². The van der Waals surface area contributed by atoms with Gasteiger partial charge in [-0.05, 0) is 29.7 Å². The summed E-state index contributed by atoms with van der Waals surface area (Å²) < 4.78 is 5.29. The van der Waals surface area contributed by atoms with Crippen LogP contribution in [-0.4, -0.2) is 36.9 Å². The monoisotopic (exact) mass is 368 g/mol. The third-order valence-corrected chi connectivity index (χ3v) is 4.47. The molecule has 0 saturated carbocycles. The lowest BCUT2D eigenvalue weighted by molar-refractivity contribution is -0.141. The maximum absolute atomic E-state index is 12.9. The fraction of sp³-hybridized carbons (Fsp3) is 0.364. The highest BCUT2D eigenvalue weighted by Crippen LogP contribution is 2.19. The summed E-state index contributed by atoms with van der Waals surface area (Å²) in [7, 11) is 3.22. The van der Waals surface area contributed by atoms with E-state index < -0.39 is 6.04 Å². The van der Waals surface area contributed by atoms with E-state index in [1.54, 1.807) is 19.1 Å². The maximum atomic E-state index is 12.9. The molecule has 2 amide bonds. The number of amides is 2. The Balaban J connectivity index is 2.34. The second kappa shape index (κ2) is 10.4. The molecule has 1 atom stereocenters. The minimum atomic E-state index is -0.567. The van der Waals surface area contributed by atoms with E-state index in [2.05, 4.69) is 5.32 Å². The standard InChI is InChI=1S/C22H28N2O3/c1-4-9-21(25)24(16-18-12-8-13-19(14-18)27-3)20(22(26)23-2)15-17-10-6-5-7-11-17/h5-8,10-14,20H,4,9,15-16H2,1-3H3,(H,23,26). The smallest absolute Gasteiger partial charge is 0.242 e. The first kappa shape index (κ1) is 20.5. The Bertz CT molecular complexity index is 746. The van der Waals surface area contributed by atoms with Crippen molar-refractivity contribution in [3.8, 4) is 5.75 Å². The van der Waals surface area contributed by atoms with Crippen molar-refractivity contribution in [3.05, 3.63) is 65.7 Å². The molecule has 2 aromatic carbocycles. The molecule has 0 bridgehead atoms. The quantitative estimate of drug-likeness (QED) is 0.740. The number of rotatable bonds is 9. The van der Waals surface area contributed by atoms with Crippen molar-refractivity contribution >= 4 is 11.8 Å². The highest BCUT2D eigenvalue weighted by Gasteiger charge is 2.29. The molecule has 0 saturated heterocycles. The van der Waals surface area contributed by atoms with Gasteiger partial charge in [-0.25, -0.2) is 0 Å². The van der Waals surface area contributed by atoms with Gasteiger partial charge in [0.1, 0.15) is 11.8 Å². The Morgan fingerprint density at radius 2 is 1.78 bits per heavy atom. The van der Waals surface area contributed by atoms with E-state index >= 15 is 0 Å². The number of carbonyl (C=O) groups is 2. The average molecular weight is 368 g/mol. The molecule has 0 radical (unpaired) electrons. The predicted octanol–water partition coefficient (Wildman–Crippen LogP) is 3.18. The number of hydrogen-bond donors (Lipinski definition) is 1. The van der Waals surface area contributed by atoms with Crippen LogP contribution in [0.25, 0.3) is 0 Å². The summed E-state index contributed by atoms with van der Waals surface area (Å²) in [5.74, 6) is 0.547. The molecule has 2 aromatic rings. The number of carbonyl (C=O) groups excluding carboxylic acids is 2. The van der Waals surface area contributed by atoms with Gasteiger partial charge in [0.05, 0.1) is 7.11 Å². The number of ether oxygens (including phenoxy) is 1. The fourth-order valence-corrected chi connectivity index (χ4v) is 3.05. The fourth-order valence-electron chi connectivity index (χ4n) is 3.05. The molecule has 5 heteroatoms. The molecule has 1 N–H and O–H groups in total. The second-order valence-corrected chi connectivity index (χ2v) is 6.44. The number of hydrogen-bond acceptors (Lipinski definition) is 3. The summed E-state index contributed by atoms with van der Waals surface area (Å²) in [4.78, 5) is 27.2. The normalized spacial score (nSPS) is 11.5. The van der Waals surface area contributed by atoms with Gasteiger partial charge in [-0.1, -0.05) is 49.4 Å². The predicted molar refractivity (Wildman–Crippen MR) is 106 cm³/mol. The zero-order chi connectivity index (χ0) is 19.6. The van der Waals surface area contributed by atoms with Gasteiger partial charge < -0.3 is 15.0 Å². The summed E-state index contributed by atoms with van der Waals surface area (Å²) in [6, 6.07) is 16.8. The van der Waals surface area contributed by atoms with Gasteiger partial charge in [0.2, 0.25) is 11.8 Å². The van der Waals surface area contributed by atoms with Crippen molar-refractivity contribution < 1.29 is 14.3 Å². The van der Waals surface area contributed by atoms with Gasteiger partial charge in [-0.2, -0.15) is 0 Å². The first-order valence-electron chi connectivity index (χ1n) is 9.27. The molecule has 27 heavy (non-hydrogen) atoms. The van der Waals surface area contributed by atoms with Gasteiger partial charge in [0.15, 0.2) is 0 Å². The van der Waals surface area contributed by atoms with Crippen LogP contribution in [0.4, 0.5) is 0 Å². The minimum Gasteiger partial charge on any atom is -0.497 e. The van der Waals surface area contributed by atoms with Gasteiger partial charge in [0, 0.05) is 26.4 Å². The van der Waals surface area contributed by atoms with E-state index in [0.29, 0.717) is 19.4 Å². The van der Waals surface area contributed by atoms with Crippen LogP contribution in [0.1, 0.15) is 30.9 Å². The van der Waals surface area contributed by atoms with E-state index in [0.717, 1.165) is 23.3 Å². The van der Waals surface area contributed by atoms with Crippen LogP contribution in [0.3, 0.4) is 0 Å². The molecule has 144 valence electrons. The summed E-state index contributed by atoms with van der Waals surface area (Å²) in [6.07, 6.45) is 1.62. The largest absolute Gasteiger partial charge is 0.497 e. The van der Waals surface area contributed by atoms with E-state index in [1.807, 2.05) is 61.5 Å². The van der Waals surface area contributed by atoms with Crippen molar-refractivity contribution in [2.24, 2.45) is 0 Å². The lowest BCUT2D eigenvalue weighted by atomic mass is 10.0. The van der Waals surface area contributed by atoms with Crippen molar-refractivity contribution in [1.82, 2.24) is 10.2 Å². The van der Waals surface area contributed by atoms with Crippen LogP contribution >= 0.6 is 0 Å². The topological polar surface area (TPSA) is 58.6 Å². The average Bonchev–Trinajstić information content (AvgIpc) is 2.71. The number of benzene rings is 2. The highest BCUT2D eigenvalue weighted by molar-refractivity contribution is 5.87. The van der Waals surface area contributed by atoms with E-state index in [4.69, 9.17) is 4.74 Å². The Morgan fingerprint density at radius 1 is 1.07 bits per heavy atom. The Morgan fingerprint density at radius 3 is 2.41 bits per heavy atom. The Labute approximate surface area is 161 Å². The molecule has 5 nitrogen and oxygen atoms in total. The van der Waals surface area contributed by atoms with Crippen LogP contribution in [0, 0.1) is 0 Å². The van der Waals surface area contributed by atoms with E-state index in [1.165, 1.54) is 0 Å². The van der Waals surface area contributed by atoms with Crippen molar-refractivity contribution in [2.75, 3.05) is 14.2 Å². The molecular formula is C22H28N2O3. The van der Waals surface area contributed by atoms with Crippen LogP contribution < -0.4 is 10.1 Å². The first-order valence-corrected chi connectivity index (χ1v) is 9.27. The first-order chi connectivity index (χ1) is 13.1. The van der Waals surface area contributed by atoms with Gasteiger partial charge >= 0.3 is 0 Å². The lowest BCUT2D eigenvalue weighted by Gasteiger charge is -2.31. The van der Waals surface area contributed by atoms with E-state index in [-0.39, 0.29) is 11.8 Å². The van der Waals surface area contributed by atoms with Crippen molar-refractivity contribution in [2.45, 2.75) is 38.8 Å². The second-order valence-electron chi connectivity index (χ2n) is 6.44. The lowest BCUT2D eigenvalue weighted by Crippen LogP contribution is -2.49. The van der Waals surface area contributed by atoms with Gasteiger partial charge in [0.25, 0.3) is 0 Å². The molecule has 2 rings (SSSR count). The molecule has 0 aromatic heterocycles. The summed E-state index contributed by atoms with van der Waals surface area (Å²) >= 11 is 0. The maximum Gasteiger partial charge on any atom is 0.242 e. The number of nitrogens with one attached hydrogen (secondary N) is 1. The number of likely N-dealkylation sites (N-methyl/N-ethyl adjacent to an activating group) is 1. The molecule has 0 aliphatic heterocycles. The number of nitrogens with zero attached hydrogens (tertiary/aromatic N) is 1. The molecule has 0 heterocycles. The molecule has 0 aliphatic carbocycles. The molecule has 0 aliphatic rings. The third-order valence-electron chi connectivity index (χ3n) is 4.47. The van der Waals surface area contributed by atoms with Gasteiger partial charge in [-0.3, -0.25) is 9.59 Å². The summed E-state index contributed by atoms with van der Waals surface area (Å²) in [5, 5.41) is 2.71. The Kier molecular flexibility index (Phi) is 7.86. The highest BCUT2D eigenvalue weighted by atomic mass is 16.5. The SMILES string of the molecule is CCCC(=O)N(Cc1cccc(OC)c1)C(Cc1ccccc1)C(=O)NC. The molecule has 0 spiro atoms. The summed E-state index contributed by atoms with van der Waals surface area (Å²) in [5.41, 5.74) is 1.95. The molecular weight excluding hydrogens is 340 g/mol. The summed E-state index contributed by atoms with van der Waals surface area (Å²) in [6.45, 7) is 2.33. The zero-order valence-electron chi connectivity index (χ0n) is 16.3. The molecule has 1 unspecified atom stereocenters. The van der Waals surface area contributed by atoms with Gasteiger partial charge in [-0.15, -0.1) is 0 Å². The van der Waals surface area contributed by atoms with Crippen LogP contribution in [0.15, 0.2) is 54.6 Å². The van der Waals surface area contributed by atoms with E-state index in [9.17, 15) is 9.59 Å². The minimum absolute atomic E-state index is 0.0233. The Hall–Kier alpha value is -2.82. The van der Waals surface area contributed by atoms with Crippen LogP contribution in [0.5, 0.6) is 5.75 Å². The van der Waals surface area contributed by atoms with Crippen LogP contribution in [-0.2, 0) is 22.6 Å². The molecule has 0 fully saturated rings. The van der Waals surface area contributed by atoms with Crippen LogP contribution in [0.2, 0.25) is 0 Å². The third kappa shape index (κ3) is 5.84. The van der Waals surface area contributed by atoms with Crippen molar-refractivity contribution in [3.63, 3.8) is 0 Å².